The molecule has 0 aliphatic carbocycles. The molecule has 138 valence electrons. The summed E-state index contributed by atoms with van der Waals surface area (Å²) in [6.45, 7) is 3.17. The zero-order valence-electron chi connectivity index (χ0n) is 15.0. The molecule has 1 saturated heterocycles. The van der Waals surface area contributed by atoms with E-state index in [0.29, 0.717) is 13.1 Å². The van der Waals surface area contributed by atoms with Gasteiger partial charge in [-0.3, -0.25) is 4.98 Å². The Labute approximate surface area is 156 Å². The molecule has 4 rings (SSSR count). The van der Waals surface area contributed by atoms with Crippen molar-refractivity contribution in [2.24, 2.45) is 0 Å². The van der Waals surface area contributed by atoms with Crippen LogP contribution in [-0.2, 0) is 0 Å². The van der Waals surface area contributed by atoms with Gasteiger partial charge in [-0.2, -0.15) is 0 Å². The third kappa shape index (κ3) is 3.40. The monoisotopic (exact) mass is 365 g/mol. The fraction of sp³-hybridized carbons (Fsp3) is 0.250. The summed E-state index contributed by atoms with van der Waals surface area (Å²) in [6.07, 6.45) is 6.15. The van der Waals surface area contributed by atoms with Crippen LogP contribution in [0.2, 0.25) is 0 Å². The summed E-state index contributed by atoms with van der Waals surface area (Å²) in [5.41, 5.74) is 2.23. The molecule has 0 saturated carbocycles. The summed E-state index contributed by atoms with van der Waals surface area (Å²) in [4.78, 5) is 22.9. The second kappa shape index (κ2) is 7.19. The standard InChI is InChI=1S/C20H20FN5O/c1-14-12-23-19(15-6-9-22-10-7-15)26(14)16-8-11-25(13-16)20(27)24-18-5-3-2-4-17(18)21/h2-7,9-10,12,16H,8,11,13H2,1H3,(H,24,27). The van der Waals surface area contributed by atoms with Gasteiger partial charge in [0.15, 0.2) is 0 Å². The lowest BCUT2D eigenvalue weighted by Gasteiger charge is -2.20. The van der Waals surface area contributed by atoms with E-state index < -0.39 is 5.82 Å². The highest BCUT2D eigenvalue weighted by atomic mass is 19.1. The van der Waals surface area contributed by atoms with Gasteiger partial charge in [0.25, 0.3) is 0 Å². The predicted molar refractivity (Wildman–Crippen MR) is 101 cm³/mol. The number of carbonyl (C=O) groups excluding carboxylic acids is 1. The Morgan fingerprint density at radius 1 is 1.22 bits per heavy atom. The van der Waals surface area contributed by atoms with E-state index in [0.717, 1.165) is 23.5 Å². The van der Waals surface area contributed by atoms with Gasteiger partial charge < -0.3 is 14.8 Å². The van der Waals surface area contributed by atoms with E-state index in [1.807, 2.05) is 25.3 Å². The van der Waals surface area contributed by atoms with Crippen molar-refractivity contribution in [2.45, 2.75) is 19.4 Å². The Kier molecular flexibility index (Phi) is 4.58. The number of hydrogen-bond acceptors (Lipinski definition) is 3. The molecule has 1 aliphatic rings. The number of carbonyl (C=O) groups is 1. The number of hydrogen-bond donors (Lipinski definition) is 1. The van der Waals surface area contributed by atoms with Gasteiger partial charge in [-0.05, 0) is 37.6 Å². The van der Waals surface area contributed by atoms with Crippen LogP contribution >= 0.6 is 0 Å². The average molecular weight is 365 g/mol. The van der Waals surface area contributed by atoms with Gasteiger partial charge in [0.05, 0.1) is 11.7 Å². The maximum Gasteiger partial charge on any atom is 0.321 e. The molecule has 7 heteroatoms. The highest BCUT2D eigenvalue weighted by Gasteiger charge is 2.30. The first-order chi connectivity index (χ1) is 13.1. The van der Waals surface area contributed by atoms with Gasteiger partial charge >= 0.3 is 6.03 Å². The molecular weight excluding hydrogens is 345 g/mol. The number of urea groups is 1. The lowest BCUT2D eigenvalue weighted by atomic mass is 10.2. The first kappa shape index (κ1) is 17.2. The average Bonchev–Trinajstić information content (AvgIpc) is 3.31. The molecule has 2 amide bonds. The summed E-state index contributed by atoms with van der Waals surface area (Å²) in [7, 11) is 0. The fourth-order valence-corrected chi connectivity index (χ4v) is 3.52. The normalized spacial score (nSPS) is 16.5. The topological polar surface area (TPSA) is 63.1 Å². The Morgan fingerprint density at radius 2 is 2.00 bits per heavy atom. The van der Waals surface area contributed by atoms with Gasteiger partial charge in [0.1, 0.15) is 11.6 Å². The van der Waals surface area contributed by atoms with Crippen LogP contribution in [-0.4, -0.2) is 38.6 Å². The molecule has 3 aromatic rings. The van der Waals surface area contributed by atoms with Crippen molar-refractivity contribution in [1.82, 2.24) is 19.4 Å². The number of amides is 2. The number of nitrogens with one attached hydrogen (secondary N) is 1. The number of benzene rings is 1. The van der Waals surface area contributed by atoms with Crippen molar-refractivity contribution < 1.29 is 9.18 Å². The SMILES string of the molecule is Cc1cnc(-c2ccncc2)n1C1CCN(C(=O)Nc2ccccc2F)C1. The fourth-order valence-electron chi connectivity index (χ4n) is 3.52. The van der Waals surface area contributed by atoms with Crippen LogP contribution in [0.5, 0.6) is 0 Å². The molecule has 1 atom stereocenters. The van der Waals surface area contributed by atoms with Gasteiger partial charge in [0.2, 0.25) is 0 Å². The number of aromatic nitrogens is 3. The maximum atomic E-state index is 13.8. The van der Waals surface area contributed by atoms with Crippen LogP contribution in [0, 0.1) is 12.7 Å². The van der Waals surface area contributed by atoms with Crippen molar-refractivity contribution in [3.05, 3.63) is 66.5 Å². The number of imidazole rings is 1. The molecule has 1 aliphatic heterocycles. The molecule has 0 spiro atoms. The van der Waals surface area contributed by atoms with Crippen LogP contribution in [0.3, 0.4) is 0 Å². The molecule has 6 nitrogen and oxygen atoms in total. The van der Waals surface area contributed by atoms with Crippen LogP contribution in [0.15, 0.2) is 55.0 Å². The van der Waals surface area contributed by atoms with Crippen LogP contribution in [0.25, 0.3) is 11.4 Å². The zero-order chi connectivity index (χ0) is 18.8. The minimum Gasteiger partial charge on any atom is -0.323 e. The molecule has 1 unspecified atom stereocenters. The maximum absolute atomic E-state index is 13.8. The highest BCUT2D eigenvalue weighted by molar-refractivity contribution is 5.89. The number of rotatable bonds is 3. The quantitative estimate of drug-likeness (QED) is 0.766. The minimum atomic E-state index is -0.438. The van der Waals surface area contributed by atoms with E-state index in [4.69, 9.17) is 0 Å². The van der Waals surface area contributed by atoms with E-state index in [1.165, 1.54) is 6.07 Å². The lowest BCUT2D eigenvalue weighted by molar-refractivity contribution is 0.220. The van der Waals surface area contributed by atoms with E-state index >= 15 is 0 Å². The number of halogens is 1. The molecule has 1 N–H and O–H groups in total. The molecule has 27 heavy (non-hydrogen) atoms. The third-order valence-corrected chi connectivity index (χ3v) is 4.85. The number of pyridine rings is 1. The molecule has 1 aromatic carbocycles. The second-order valence-electron chi connectivity index (χ2n) is 6.63. The summed E-state index contributed by atoms with van der Waals surface area (Å²) in [5, 5.41) is 2.66. The molecule has 2 aromatic heterocycles. The smallest absolute Gasteiger partial charge is 0.321 e. The Bertz CT molecular complexity index is 956. The molecule has 0 radical (unpaired) electrons. The molecule has 1 fully saturated rings. The van der Waals surface area contributed by atoms with Crippen molar-refractivity contribution >= 4 is 11.7 Å². The van der Waals surface area contributed by atoms with Crippen molar-refractivity contribution in [2.75, 3.05) is 18.4 Å². The van der Waals surface area contributed by atoms with Gasteiger partial charge in [-0.15, -0.1) is 0 Å². The number of aryl methyl sites for hydroxylation is 1. The van der Waals surface area contributed by atoms with E-state index in [9.17, 15) is 9.18 Å². The predicted octanol–water partition coefficient (Wildman–Crippen LogP) is 3.87. The third-order valence-electron chi connectivity index (χ3n) is 4.85. The van der Waals surface area contributed by atoms with Crippen LogP contribution in [0.4, 0.5) is 14.9 Å². The van der Waals surface area contributed by atoms with E-state index in [1.54, 1.807) is 35.5 Å². The Hall–Kier alpha value is -3.22. The van der Waals surface area contributed by atoms with Crippen molar-refractivity contribution in [3.63, 3.8) is 0 Å². The summed E-state index contributed by atoms with van der Waals surface area (Å²) < 4.78 is 16.0. The highest BCUT2D eigenvalue weighted by Crippen LogP contribution is 2.29. The van der Waals surface area contributed by atoms with Crippen molar-refractivity contribution in [3.8, 4) is 11.4 Å². The van der Waals surface area contributed by atoms with E-state index in [2.05, 4.69) is 19.9 Å². The second-order valence-corrected chi connectivity index (χ2v) is 6.63. The van der Waals surface area contributed by atoms with Crippen molar-refractivity contribution in [1.29, 1.82) is 0 Å². The van der Waals surface area contributed by atoms with Gasteiger partial charge in [-0.25, -0.2) is 14.2 Å². The van der Waals surface area contributed by atoms with Gasteiger partial charge in [0, 0.05) is 42.9 Å². The van der Waals surface area contributed by atoms with Gasteiger partial charge in [-0.1, -0.05) is 12.1 Å². The number of nitrogens with zero attached hydrogens (tertiary/aromatic N) is 4. The number of para-hydroxylation sites is 1. The Morgan fingerprint density at radius 3 is 2.78 bits per heavy atom. The summed E-state index contributed by atoms with van der Waals surface area (Å²) in [5.74, 6) is 0.434. The first-order valence-corrected chi connectivity index (χ1v) is 8.88. The van der Waals surface area contributed by atoms with E-state index in [-0.39, 0.29) is 17.8 Å². The largest absolute Gasteiger partial charge is 0.323 e. The molecule has 0 bridgehead atoms. The molecule has 3 heterocycles. The molecular formula is C20H20FN5O. The first-order valence-electron chi connectivity index (χ1n) is 8.88. The summed E-state index contributed by atoms with van der Waals surface area (Å²) >= 11 is 0. The number of anilines is 1. The summed E-state index contributed by atoms with van der Waals surface area (Å²) in [6, 6.07) is 9.88. The lowest BCUT2D eigenvalue weighted by Crippen LogP contribution is -2.33. The van der Waals surface area contributed by atoms with Crippen LogP contribution in [0.1, 0.15) is 18.2 Å². The Balaban J connectivity index is 1.51. The van der Waals surface area contributed by atoms with Crippen LogP contribution < -0.4 is 5.32 Å². The zero-order valence-corrected chi connectivity index (χ0v) is 15.0. The minimum absolute atomic E-state index is 0.127. The number of likely N-dealkylation sites (tertiary alicyclic amines) is 1.